The topological polar surface area (TPSA) is 75.9 Å². The van der Waals surface area contributed by atoms with Crippen molar-refractivity contribution in [3.63, 3.8) is 0 Å². The Morgan fingerprint density at radius 3 is 3.00 bits per heavy atom. The molecule has 0 spiro atoms. The molecule has 2 aliphatic heterocycles. The van der Waals surface area contributed by atoms with Gasteiger partial charge in [-0.2, -0.15) is 0 Å². The zero-order valence-corrected chi connectivity index (χ0v) is 17.0. The van der Waals surface area contributed by atoms with Crippen LogP contribution in [0.15, 0.2) is 34.1 Å². The second-order valence-electron chi connectivity index (χ2n) is 6.55. The van der Waals surface area contributed by atoms with Crippen molar-refractivity contribution >= 4 is 51.7 Å². The number of hydrogen-bond acceptors (Lipinski definition) is 7. The average molecular weight is 417 g/mol. The third kappa shape index (κ3) is 3.57. The lowest BCUT2D eigenvalue weighted by Gasteiger charge is -2.14. The van der Waals surface area contributed by atoms with Crippen LogP contribution in [0.25, 0.3) is 11.7 Å². The molecule has 0 aliphatic carbocycles. The van der Waals surface area contributed by atoms with Crippen molar-refractivity contribution < 1.29 is 9.53 Å². The lowest BCUT2D eigenvalue weighted by Crippen LogP contribution is -2.27. The van der Waals surface area contributed by atoms with E-state index in [9.17, 15) is 9.59 Å². The van der Waals surface area contributed by atoms with Gasteiger partial charge in [-0.15, -0.1) is 0 Å². The van der Waals surface area contributed by atoms with Gasteiger partial charge in [0.1, 0.15) is 15.8 Å². The van der Waals surface area contributed by atoms with Gasteiger partial charge in [-0.25, -0.2) is 4.98 Å². The van der Waals surface area contributed by atoms with Gasteiger partial charge in [0, 0.05) is 25.9 Å². The van der Waals surface area contributed by atoms with Crippen molar-refractivity contribution in [1.82, 2.24) is 14.3 Å². The first-order valence-electron chi connectivity index (χ1n) is 9.20. The Bertz CT molecular complexity index is 1030. The fraction of sp³-hybridized carbons (Fsp3) is 0.368. The molecule has 2 aromatic rings. The van der Waals surface area contributed by atoms with E-state index in [1.807, 2.05) is 13.0 Å². The van der Waals surface area contributed by atoms with Gasteiger partial charge in [0.15, 0.2) is 0 Å². The van der Waals surface area contributed by atoms with Crippen LogP contribution in [0.5, 0.6) is 0 Å². The normalized spacial score (nSPS) is 21.2. The first kappa shape index (κ1) is 19.1. The van der Waals surface area contributed by atoms with Gasteiger partial charge < -0.3 is 10.1 Å². The molecule has 146 valence electrons. The summed E-state index contributed by atoms with van der Waals surface area (Å²) in [6, 6.07) is 5.38. The molecule has 28 heavy (non-hydrogen) atoms. The van der Waals surface area contributed by atoms with E-state index in [4.69, 9.17) is 17.0 Å². The number of aromatic nitrogens is 2. The molecule has 2 aromatic heterocycles. The van der Waals surface area contributed by atoms with Crippen molar-refractivity contribution in [3.8, 4) is 0 Å². The molecule has 1 amide bonds. The van der Waals surface area contributed by atoms with Gasteiger partial charge in [-0.1, -0.05) is 30.0 Å². The van der Waals surface area contributed by atoms with Crippen LogP contribution in [0, 0.1) is 0 Å². The zero-order valence-electron chi connectivity index (χ0n) is 15.4. The molecule has 2 aliphatic rings. The van der Waals surface area contributed by atoms with E-state index < -0.39 is 0 Å². The Hall–Kier alpha value is -2.23. The van der Waals surface area contributed by atoms with Gasteiger partial charge >= 0.3 is 0 Å². The fourth-order valence-corrected chi connectivity index (χ4v) is 4.65. The zero-order chi connectivity index (χ0) is 19.7. The minimum atomic E-state index is -0.234. The molecule has 0 saturated carbocycles. The lowest BCUT2D eigenvalue weighted by atomic mass is 10.2. The number of thioether (sulfide) groups is 1. The van der Waals surface area contributed by atoms with Crippen LogP contribution in [-0.2, 0) is 9.53 Å². The molecule has 4 rings (SSSR count). The van der Waals surface area contributed by atoms with Crippen LogP contribution in [0.3, 0.4) is 0 Å². The third-order valence-electron chi connectivity index (χ3n) is 4.76. The summed E-state index contributed by atoms with van der Waals surface area (Å²) in [6.45, 7) is 3.69. The molecule has 4 heterocycles. The predicted molar refractivity (Wildman–Crippen MR) is 114 cm³/mol. The van der Waals surface area contributed by atoms with Gasteiger partial charge in [0.2, 0.25) is 0 Å². The molecular formula is C19H20N4O3S2. The van der Waals surface area contributed by atoms with Crippen molar-refractivity contribution in [3.05, 3.63) is 45.2 Å². The second-order valence-corrected chi connectivity index (χ2v) is 8.23. The Kier molecular flexibility index (Phi) is 5.47. The van der Waals surface area contributed by atoms with Crippen LogP contribution >= 0.6 is 24.0 Å². The largest absolute Gasteiger partial charge is 0.376 e. The molecule has 2 fully saturated rings. The number of hydrogen-bond donors (Lipinski definition) is 1. The van der Waals surface area contributed by atoms with Crippen molar-refractivity contribution in [2.24, 2.45) is 0 Å². The number of fused-ring (bicyclic) bond motifs is 1. The maximum atomic E-state index is 13.1. The smallest absolute Gasteiger partial charge is 0.267 e. The van der Waals surface area contributed by atoms with Crippen molar-refractivity contribution in [2.75, 3.05) is 25.0 Å². The summed E-state index contributed by atoms with van der Waals surface area (Å²) < 4.78 is 7.63. The summed E-state index contributed by atoms with van der Waals surface area (Å²) >= 11 is 6.48. The van der Waals surface area contributed by atoms with Crippen LogP contribution in [0.2, 0.25) is 0 Å². The number of rotatable bonds is 5. The molecule has 7 nitrogen and oxygen atoms in total. The van der Waals surface area contributed by atoms with Gasteiger partial charge in [0.25, 0.3) is 11.5 Å². The summed E-state index contributed by atoms with van der Waals surface area (Å²) in [7, 11) is 0. The van der Waals surface area contributed by atoms with Gasteiger partial charge in [0.05, 0.1) is 16.6 Å². The molecule has 1 atom stereocenters. The maximum absolute atomic E-state index is 13.1. The Balaban J connectivity index is 1.76. The molecular weight excluding hydrogens is 396 g/mol. The predicted octanol–water partition coefficient (Wildman–Crippen LogP) is 2.51. The number of likely N-dealkylation sites (N-methyl/N-ethyl adjacent to an activating group) is 1. The molecule has 1 unspecified atom stereocenters. The average Bonchev–Trinajstić information content (AvgIpc) is 3.30. The molecule has 1 N–H and O–H groups in total. The summed E-state index contributed by atoms with van der Waals surface area (Å²) in [5, 5.41) is 3.25. The van der Waals surface area contributed by atoms with E-state index in [1.54, 1.807) is 24.4 Å². The minimum Gasteiger partial charge on any atom is -0.376 e. The number of nitrogens with zero attached hydrogens (tertiary/aromatic N) is 3. The summed E-state index contributed by atoms with van der Waals surface area (Å²) in [6.07, 6.45) is 5.38. The van der Waals surface area contributed by atoms with Crippen LogP contribution < -0.4 is 10.9 Å². The third-order valence-corrected chi connectivity index (χ3v) is 6.13. The molecule has 0 radical (unpaired) electrons. The van der Waals surface area contributed by atoms with E-state index in [-0.39, 0.29) is 17.6 Å². The van der Waals surface area contributed by atoms with Crippen LogP contribution in [0.4, 0.5) is 5.82 Å². The Morgan fingerprint density at radius 1 is 1.43 bits per heavy atom. The van der Waals surface area contributed by atoms with E-state index in [0.717, 1.165) is 19.4 Å². The van der Waals surface area contributed by atoms with E-state index >= 15 is 0 Å². The SMILES string of the molecule is CCN1C(=O)C(=Cc2c(NCC3CCCO3)nc3ccccn3c2=O)SC1=S. The second kappa shape index (κ2) is 8.02. The highest BCUT2D eigenvalue weighted by molar-refractivity contribution is 8.26. The minimum absolute atomic E-state index is 0.0992. The fourth-order valence-electron chi connectivity index (χ4n) is 3.29. The summed E-state index contributed by atoms with van der Waals surface area (Å²) in [4.78, 5) is 32.3. The lowest BCUT2D eigenvalue weighted by molar-refractivity contribution is -0.121. The van der Waals surface area contributed by atoms with E-state index in [0.29, 0.717) is 39.3 Å². The monoisotopic (exact) mass is 416 g/mol. The number of carbonyl (C=O) groups excluding carboxylic acids is 1. The molecule has 2 saturated heterocycles. The highest BCUT2D eigenvalue weighted by Crippen LogP contribution is 2.32. The number of nitrogens with one attached hydrogen (secondary N) is 1. The highest BCUT2D eigenvalue weighted by Gasteiger charge is 2.31. The summed E-state index contributed by atoms with van der Waals surface area (Å²) in [5.41, 5.74) is 0.654. The molecule has 9 heteroatoms. The molecule has 0 bridgehead atoms. The Morgan fingerprint density at radius 2 is 2.29 bits per heavy atom. The number of pyridine rings is 1. The maximum Gasteiger partial charge on any atom is 0.267 e. The van der Waals surface area contributed by atoms with Crippen LogP contribution in [-0.4, -0.2) is 50.3 Å². The number of carbonyl (C=O) groups is 1. The summed E-state index contributed by atoms with van der Waals surface area (Å²) in [5.74, 6) is 0.272. The number of thiocarbonyl (C=S) groups is 1. The quantitative estimate of drug-likeness (QED) is 0.593. The Labute approximate surface area is 171 Å². The van der Waals surface area contributed by atoms with Gasteiger partial charge in [-0.05, 0) is 38.0 Å². The van der Waals surface area contributed by atoms with Crippen molar-refractivity contribution in [2.45, 2.75) is 25.9 Å². The van der Waals surface area contributed by atoms with Gasteiger partial charge in [-0.3, -0.25) is 18.9 Å². The number of amides is 1. The number of ether oxygens (including phenoxy) is 1. The van der Waals surface area contributed by atoms with Crippen LogP contribution in [0.1, 0.15) is 25.3 Å². The first-order chi connectivity index (χ1) is 13.6. The standard InChI is InChI=1S/C19H20N4O3S2/c1-2-22-18(25)14(28-19(22)27)10-13-16(20-11-12-6-5-9-26-12)21-15-7-3-4-8-23(15)17(13)24/h3-4,7-8,10,12,20H,2,5-6,9,11H2,1H3. The van der Waals surface area contributed by atoms with E-state index in [1.165, 1.54) is 21.1 Å². The van der Waals surface area contributed by atoms with Crippen molar-refractivity contribution in [1.29, 1.82) is 0 Å². The van der Waals surface area contributed by atoms with E-state index in [2.05, 4.69) is 10.3 Å². The first-order valence-corrected chi connectivity index (χ1v) is 10.4. The highest BCUT2D eigenvalue weighted by atomic mass is 32.2. The number of anilines is 1. The molecule has 0 aromatic carbocycles.